The van der Waals surface area contributed by atoms with Gasteiger partial charge in [0, 0.05) is 38.3 Å². The van der Waals surface area contributed by atoms with Crippen LogP contribution in [0, 0.1) is 0 Å². The number of nitrogens with zero attached hydrogens (tertiary/aromatic N) is 2. The van der Waals surface area contributed by atoms with E-state index in [0.29, 0.717) is 0 Å². The molecule has 0 spiro atoms. The molecule has 0 atom stereocenters. The summed E-state index contributed by atoms with van der Waals surface area (Å²) in [4.78, 5) is 0. The highest BCUT2D eigenvalue weighted by Crippen LogP contribution is 2.51. The fourth-order valence-electron chi connectivity index (χ4n) is 10.3. The average molecular weight is 685 g/mol. The van der Waals surface area contributed by atoms with E-state index in [1.54, 1.807) is 0 Å². The fraction of sp³-hybridized carbons (Fsp3) is 0.216. The lowest BCUT2D eigenvalue weighted by Gasteiger charge is -2.42. The summed E-state index contributed by atoms with van der Waals surface area (Å²) in [6.07, 6.45) is 2.39. The highest BCUT2D eigenvalue weighted by Gasteiger charge is 2.38. The molecule has 2 aliphatic carbocycles. The monoisotopic (exact) mass is 684 g/mol. The maximum absolute atomic E-state index is 2.57. The SMILES string of the molecule is CC1(C)CCC(C)(C)c2cc3c(cc21)c1cc2c4c5ccccc5ccc4n(-c4ccc5c(c4)C(C)(C)c4ccccc4-5)c2cc1n3-c1ccccc1. The van der Waals surface area contributed by atoms with Crippen LogP contribution < -0.4 is 0 Å². The van der Waals surface area contributed by atoms with E-state index >= 15 is 0 Å². The molecule has 0 N–H and O–H groups in total. The van der Waals surface area contributed by atoms with Crippen LogP contribution in [0.4, 0.5) is 0 Å². The first kappa shape index (κ1) is 31.0. The third-order valence-corrected chi connectivity index (χ3v) is 13.4. The molecule has 11 rings (SSSR count). The highest BCUT2D eigenvalue weighted by molar-refractivity contribution is 6.25. The van der Waals surface area contributed by atoms with Gasteiger partial charge >= 0.3 is 0 Å². The van der Waals surface area contributed by atoms with E-state index in [2.05, 4.69) is 184 Å². The number of benzene rings is 7. The third-order valence-electron chi connectivity index (χ3n) is 13.4. The molecule has 9 aromatic rings. The van der Waals surface area contributed by atoms with Gasteiger partial charge in [-0.05, 0) is 122 Å². The Balaban J connectivity index is 1.30. The van der Waals surface area contributed by atoms with Crippen LogP contribution in [0.2, 0.25) is 0 Å². The standard InChI is InChI=1S/C51H44N2/c1-49(2)24-25-50(3,4)43-29-45-38(28-42(43)49)37-27-39-47(30-46(37)52(45)32-15-8-7-9-16-32)53(44-23-20-31-14-10-11-17-34(31)48(39)44)33-21-22-36-35-18-12-13-19-40(35)51(5,6)41(36)26-33/h7-23,26-30H,24-25H2,1-6H3. The largest absolute Gasteiger partial charge is 0.309 e. The van der Waals surface area contributed by atoms with Crippen LogP contribution in [0.5, 0.6) is 0 Å². The van der Waals surface area contributed by atoms with Crippen molar-refractivity contribution in [2.45, 2.75) is 70.6 Å². The first-order valence-electron chi connectivity index (χ1n) is 19.3. The van der Waals surface area contributed by atoms with E-state index in [9.17, 15) is 0 Å². The molecule has 258 valence electrons. The van der Waals surface area contributed by atoms with Gasteiger partial charge in [-0.15, -0.1) is 0 Å². The van der Waals surface area contributed by atoms with Gasteiger partial charge < -0.3 is 9.13 Å². The van der Waals surface area contributed by atoms with E-state index < -0.39 is 0 Å². The second-order valence-electron chi connectivity index (χ2n) is 17.7. The minimum absolute atomic E-state index is 0.0823. The van der Waals surface area contributed by atoms with Crippen molar-refractivity contribution < 1.29 is 0 Å². The molecule has 0 bridgehead atoms. The Morgan fingerprint density at radius 1 is 0.396 bits per heavy atom. The number of hydrogen-bond donors (Lipinski definition) is 0. The topological polar surface area (TPSA) is 9.86 Å². The predicted octanol–water partition coefficient (Wildman–Crippen LogP) is 13.7. The van der Waals surface area contributed by atoms with E-state index in [1.165, 1.54) is 112 Å². The zero-order valence-corrected chi connectivity index (χ0v) is 31.5. The number of rotatable bonds is 2. The highest BCUT2D eigenvalue weighted by atomic mass is 15.0. The second kappa shape index (κ2) is 10.3. The van der Waals surface area contributed by atoms with Crippen LogP contribution in [-0.4, -0.2) is 9.13 Å². The Morgan fingerprint density at radius 3 is 1.83 bits per heavy atom. The first-order chi connectivity index (χ1) is 25.5. The van der Waals surface area contributed by atoms with Gasteiger partial charge in [-0.25, -0.2) is 0 Å². The fourth-order valence-corrected chi connectivity index (χ4v) is 10.3. The van der Waals surface area contributed by atoms with Crippen molar-refractivity contribution in [2.24, 2.45) is 0 Å². The van der Waals surface area contributed by atoms with Gasteiger partial charge in [0.05, 0.1) is 22.1 Å². The van der Waals surface area contributed by atoms with Gasteiger partial charge in [-0.2, -0.15) is 0 Å². The second-order valence-corrected chi connectivity index (χ2v) is 17.7. The lowest BCUT2D eigenvalue weighted by molar-refractivity contribution is 0.332. The first-order valence-corrected chi connectivity index (χ1v) is 19.3. The third kappa shape index (κ3) is 4.10. The van der Waals surface area contributed by atoms with Gasteiger partial charge in [0.1, 0.15) is 0 Å². The Hall–Kier alpha value is -5.60. The zero-order valence-electron chi connectivity index (χ0n) is 31.5. The van der Waals surface area contributed by atoms with Crippen LogP contribution in [0.3, 0.4) is 0 Å². The normalized spacial score (nSPS) is 16.8. The number of aromatic nitrogens is 2. The summed E-state index contributed by atoms with van der Waals surface area (Å²) in [5.74, 6) is 0. The van der Waals surface area contributed by atoms with Crippen molar-refractivity contribution in [1.29, 1.82) is 0 Å². The molecule has 2 aromatic heterocycles. The van der Waals surface area contributed by atoms with Crippen molar-refractivity contribution in [3.05, 3.63) is 156 Å². The molecule has 7 aromatic carbocycles. The minimum atomic E-state index is -0.0823. The quantitative estimate of drug-likeness (QED) is 0.172. The molecule has 53 heavy (non-hydrogen) atoms. The van der Waals surface area contributed by atoms with Gasteiger partial charge in [-0.3, -0.25) is 0 Å². The molecule has 0 saturated heterocycles. The van der Waals surface area contributed by atoms with Crippen molar-refractivity contribution in [1.82, 2.24) is 9.13 Å². The molecule has 2 nitrogen and oxygen atoms in total. The van der Waals surface area contributed by atoms with Crippen molar-refractivity contribution in [3.8, 4) is 22.5 Å². The molecule has 0 aliphatic heterocycles. The smallest absolute Gasteiger partial charge is 0.0562 e. The molecule has 0 fully saturated rings. The Kier molecular flexibility index (Phi) is 6.01. The van der Waals surface area contributed by atoms with Gasteiger partial charge in [0.2, 0.25) is 0 Å². The summed E-state index contributed by atoms with van der Waals surface area (Å²) in [7, 11) is 0. The Bertz CT molecular complexity index is 3020. The molecular weight excluding hydrogens is 641 g/mol. The lowest BCUT2D eigenvalue weighted by Crippen LogP contribution is -2.33. The van der Waals surface area contributed by atoms with E-state index in [-0.39, 0.29) is 16.2 Å². The molecule has 0 saturated carbocycles. The Morgan fingerprint density at radius 2 is 1.02 bits per heavy atom. The molecule has 2 heterocycles. The maximum Gasteiger partial charge on any atom is 0.0562 e. The van der Waals surface area contributed by atoms with Crippen LogP contribution in [0.15, 0.2) is 133 Å². The van der Waals surface area contributed by atoms with Gasteiger partial charge in [-0.1, -0.05) is 120 Å². The van der Waals surface area contributed by atoms with Crippen molar-refractivity contribution in [3.63, 3.8) is 0 Å². The summed E-state index contributed by atoms with van der Waals surface area (Å²) in [5, 5.41) is 7.85. The van der Waals surface area contributed by atoms with Crippen LogP contribution >= 0.6 is 0 Å². The molecule has 0 unspecified atom stereocenters. The summed E-state index contributed by atoms with van der Waals surface area (Å²) in [6, 6.07) is 50.8. The average Bonchev–Trinajstić information content (AvgIpc) is 3.75. The van der Waals surface area contributed by atoms with Crippen LogP contribution in [-0.2, 0) is 16.2 Å². The van der Waals surface area contributed by atoms with E-state index in [4.69, 9.17) is 0 Å². The lowest BCUT2D eigenvalue weighted by atomic mass is 9.63. The zero-order chi connectivity index (χ0) is 36.0. The van der Waals surface area contributed by atoms with Crippen LogP contribution in [0.25, 0.3) is 76.9 Å². The minimum Gasteiger partial charge on any atom is -0.309 e. The Labute approximate surface area is 311 Å². The van der Waals surface area contributed by atoms with Crippen LogP contribution in [0.1, 0.15) is 76.6 Å². The molecule has 2 heteroatoms. The summed E-state index contributed by atoms with van der Waals surface area (Å²) >= 11 is 0. The molecule has 0 radical (unpaired) electrons. The molecule has 2 aliphatic rings. The summed E-state index contributed by atoms with van der Waals surface area (Å²) in [5.41, 5.74) is 16.1. The van der Waals surface area contributed by atoms with E-state index in [1.807, 2.05) is 0 Å². The van der Waals surface area contributed by atoms with Crippen molar-refractivity contribution >= 4 is 54.4 Å². The van der Waals surface area contributed by atoms with Gasteiger partial charge in [0.15, 0.2) is 0 Å². The van der Waals surface area contributed by atoms with Crippen molar-refractivity contribution in [2.75, 3.05) is 0 Å². The predicted molar refractivity (Wildman–Crippen MR) is 225 cm³/mol. The summed E-state index contributed by atoms with van der Waals surface area (Å²) in [6.45, 7) is 14.5. The van der Waals surface area contributed by atoms with Gasteiger partial charge in [0.25, 0.3) is 0 Å². The number of hydrogen-bond acceptors (Lipinski definition) is 0. The summed E-state index contributed by atoms with van der Waals surface area (Å²) < 4.78 is 5.07. The number of para-hydroxylation sites is 1. The van der Waals surface area contributed by atoms with E-state index in [0.717, 1.165) is 0 Å². The maximum atomic E-state index is 2.57. The molecular formula is C51H44N2. The number of fused-ring (bicyclic) bond motifs is 12. The molecule has 0 amide bonds.